The van der Waals surface area contributed by atoms with Crippen molar-refractivity contribution in [2.24, 2.45) is 0 Å². The molecule has 0 saturated heterocycles. The number of aromatic nitrogens is 5. The van der Waals surface area contributed by atoms with Crippen LogP contribution < -0.4 is 4.74 Å². The number of nitrogens with zero attached hydrogens (tertiary/aromatic N) is 3. The van der Waals surface area contributed by atoms with E-state index in [1.807, 2.05) is 36.8 Å². The van der Waals surface area contributed by atoms with E-state index >= 15 is 0 Å². The molecule has 0 spiro atoms. The lowest BCUT2D eigenvalue weighted by Gasteiger charge is -2.23. The first kappa shape index (κ1) is 21.8. The van der Waals surface area contributed by atoms with Crippen molar-refractivity contribution in [2.75, 3.05) is 0 Å². The molecule has 2 N–H and O–H groups in total. The van der Waals surface area contributed by atoms with Gasteiger partial charge in [-0.3, -0.25) is 15.1 Å². The fourth-order valence-electron chi connectivity index (χ4n) is 5.44. The Morgan fingerprint density at radius 1 is 0.784 bits per heavy atom. The maximum absolute atomic E-state index is 6.27. The monoisotopic (exact) mass is 485 g/mol. The van der Waals surface area contributed by atoms with Crippen molar-refractivity contribution < 1.29 is 4.74 Å². The summed E-state index contributed by atoms with van der Waals surface area (Å²) in [5, 5.41) is 10.1. The standard InChI is InChI=1S/C31H27N5O/c1-2-7-22(8-3-1)37-23-15-21(18-32-19-23)20-12-13-29-26(16-20)31(36-35-29)30-17-25-24(9-6-11-28(25)34-30)27-10-4-5-14-33-27/h4-6,9-19,22,34H,1-3,7-8H2,(H,35,36). The van der Waals surface area contributed by atoms with E-state index in [-0.39, 0.29) is 0 Å². The van der Waals surface area contributed by atoms with Crippen LogP contribution in [0.3, 0.4) is 0 Å². The molecule has 6 nitrogen and oxygen atoms in total. The Kier molecular flexibility index (Phi) is 5.43. The zero-order valence-electron chi connectivity index (χ0n) is 20.4. The minimum atomic E-state index is 0.298. The zero-order valence-corrected chi connectivity index (χ0v) is 20.4. The van der Waals surface area contributed by atoms with Gasteiger partial charge in [0.15, 0.2) is 0 Å². The summed E-state index contributed by atoms with van der Waals surface area (Å²) < 4.78 is 6.27. The molecule has 4 heterocycles. The lowest BCUT2D eigenvalue weighted by atomic mass is 9.98. The smallest absolute Gasteiger partial charge is 0.138 e. The molecule has 2 aromatic carbocycles. The van der Waals surface area contributed by atoms with E-state index in [2.05, 4.69) is 73.7 Å². The fraction of sp³-hybridized carbons (Fsp3) is 0.194. The number of hydrogen-bond donors (Lipinski definition) is 2. The maximum atomic E-state index is 6.27. The molecule has 6 aromatic rings. The summed E-state index contributed by atoms with van der Waals surface area (Å²) >= 11 is 0. The zero-order chi connectivity index (χ0) is 24.6. The summed E-state index contributed by atoms with van der Waals surface area (Å²) in [4.78, 5) is 12.6. The fourth-order valence-corrected chi connectivity index (χ4v) is 5.44. The van der Waals surface area contributed by atoms with E-state index < -0.39 is 0 Å². The molecular formula is C31H27N5O. The number of aromatic amines is 2. The number of ether oxygens (including phenoxy) is 1. The van der Waals surface area contributed by atoms with Gasteiger partial charge in [0.1, 0.15) is 11.4 Å². The first-order valence-corrected chi connectivity index (χ1v) is 13.0. The molecule has 0 bridgehead atoms. The van der Waals surface area contributed by atoms with E-state index in [1.54, 1.807) is 0 Å². The van der Waals surface area contributed by atoms with E-state index in [0.717, 1.165) is 74.2 Å². The molecular weight excluding hydrogens is 458 g/mol. The van der Waals surface area contributed by atoms with Crippen LogP contribution in [0.5, 0.6) is 5.75 Å². The summed E-state index contributed by atoms with van der Waals surface area (Å²) in [6.45, 7) is 0. The summed E-state index contributed by atoms with van der Waals surface area (Å²) in [5.41, 5.74) is 8.08. The normalized spacial score (nSPS) is 14.4. The highest BCUT2D eigenvalue weighted by atomic mass is 16.5. The molecule has 0 amide bonds. The third kappa shape index (κ3) is 4.14. The molecule has 182 valence electrons. The Morgan fingerprint density at radius 3 is 2.62 bits per heavy atom. The predicted octanol–water partition coefficient (Wildman–Crippen LogP) is 7.55. The highest BCUT2D eigenvalue weighted by molar-refractivity contribution is 6.01. The quantitative estimate of drug-likeness (QED) is 0.264. The number of hydrogen-bond acceptors (Lipinski definition) is 4. The Morgan fingerprint density at radius 2 is 1.73 bits per heavy atom. The molecule has 6 heteroatoms. The molecule has 0 aliphatic heterocycles. The van der Waals surface area contributed by atoms with Crippen molar-refractivity contribution in [3.63, 3.8) is 0 Å². The van der Waals surface area contributed by atoms with Crippen LogP contribution in [0.25, 0.3) is 55.6 Å². The topological polar surface area (TPSA) is 79.5 Å². The maximum Gasteiger partial charge on any atom is 0.138 e. The first-order chi connectivity index (χ1) is 18.3. The second kappa shape index (κ2) is 9.21. The summed E-state index contributed by atoms with van der Waals surface area (Å²) in [5.74, 6) is 0.842. The van der Waals surface area contributed by atoms with Crippen LogP contribution in [0, 0.1) is 0 Å². The molecule has 37 heavy (non-hydrogen) atoms. The van der Waals surface area contributed by atoms with Crippen molar-refractivity contribution in [3.05, 3.63) is 85.3 Å². The van der Waals surface area contributed by atoms with Crippen molar-refractivity contribution in [1.82, 2.24) is 25.1 Å². The van der Waals surface area contributed by atoms with Crippen LogP contribution in [0.2, 0.25) is 0 Å². The molecule has 0 atom stereocenters. The minimum Gasteiger partial charge on any atom is -0.489 e. The Bertz CT molecular complexity index is 1700. The number of H-pyrrole nitrogens is 2. The van der Waals surface area contributed by atoms with E-state index in [0.29, 0.717) is 6.10 Å². The molecule has 1 fully saturated rings. The van der Waals surface area contributed by atoms with Gasteiger partial charge in [-0.25, -0.2) is 0 Å². The van der Waals surface area contributed by atoms with Gasteiger partial charge in [-0.2, -0.15) is 5.10 Å². The van der Waals surface area contributed by atoms with Crippen LogP contribution in [-0.4, -0.2) is 31.3 Å². The van der Waals surface area contributed by atoms with Gasteiger partial charge in [0.25, 0.3) is 0 Å². The molecule has 0 radical (unpaired) electrons. The minimum absolute atomic E-state index is 0.298. The second-order valence-electron chi connectivity index (χ2n) is 9.78. The molecule has 0 unspecified atom stereocenters. The van der Waals surface area contributed by atoms with Crippen LogP contribution in [0.15, 0.2) is 85.3 Å². The van der Waals surface area contributed by atoms with Crippen molar-refractivity contribution in [1.29, 1.82) is 0 Å². The van der Waals surface area contributed by atoms with Crippen molar-refractivity contribution in [2.45, 2.75) is 38.2 Å². The molecule has 1 aliphatic carbocycles. The van der Waals surface area contributed by atoms with Crippen LogP contribution in [0.4, 0.5) is 0 Å². The van der Waals surface area contributed by atoms with E-state index in [9.17, 15) is 0 Å². The SMILES string of the molecule is c1ccc(-c2cccc3[nH]c(-c4n[nH]c5ccc(-c6cncc(OC7CCCCC7)c6)cc45)cc23)nc1. The summed E-state index contributed by atoms with van der Waals surface area (Å²) in [7, 11) is 0. The second-order valence-corrected chi connectivity index (χ2v) is 9.78. The van der Waals surface area contributed by atoms with Gasteiger partial charge in [0, 0.05) is 39.8 Å². The molecule has 7 rings (SSSR count). The van der Waals surface area contributed by atoms with Gasteiger partial charge in [0.2, 0.25) is 0 Å². The lowest BCUT2D eigenvalue weighted by molar-refractivity contribution is 0.154. The van der Waals surface area contributed by atoms with Gasteiger partial charge < -0.3 is 9.72 Å². The third-order valence-corrected chi connectivity index (χ3v) is 7.32. The van der Waals surface area contributed by atoms with Gasteiger partial charge in [-0.1, -0.05) is 30.7 Å². The molecule has 4 aromatic heterocycles. The van der Waals surface area contributed by atoms with Gasteiger partial charge >= 0.3 is 0 Å². The molecule has 1 saturated carbocycles. The Balaban J connectivity index is 1.26. The Hall–Kier alpha value is -4.45. The highest BCUT2D eigenvalue weighted by Gasteiger charge is 2.17. The van der Waals surface area contributed by atoms with Crippen LogP contribution in [0.1, 0.15) is 32.1 Å². The number of fused-ring (bicyclic) bond motifs is 2. The van der Waals surface area contributed by atoms with Crippen LogP contribution >= 0.6 is 0 Å². The van der Waals surface area contributed by atoms with Gasteiger partial charge in [0.05, 0.1) is 29.2 Å². The number of rotatable bonds is 5. The molecule has 1 aliphatic rings. The largest absolute Gasteiger partial charge is 0.489 e. The van der Waals surface area contributed by atoms with Crippen molar-refractivity contribution >= 4 is 21.8 Å². The number of benzene rings is 2. The van der Waals surface area contributed by atoms with Gasteiger partial charge in [-0.15, -0.1) is 0 Å². The van der Waals surface area contributed by atoms with E-state index in [4.69, 9.17) is 4.74 Å². The van der Waals surface area contributed by atoms with Crippen molar-refractivity contribution in [3.8, 4) is 39.5 Å². The lowest BCUT2D eigenvalue weighted by Crippen LogP contribution is -2.19. The number of pyridine rings is 2. The highest BCUT2D eigenvalue weighted by Crippen LogP contribution is 2.35. The average Bonchev–Trinajstić information content (AvgIpc) is 3.58. The predicted molar refractivity (Wildman–Crippen MR) is 147 cm³/mol. The average molecular weight is 486 g/mol. The third-order valence-electron chi connectivity index (χ3n) is 7.32. The van der Waals surface area contributed by atoms with E-state index in [1.165, 1.54) is 19.3 Å². The van der Waals surface area contributed by atoms with Crippen LogP contribution in [-0.2, 0) is 0 Å². The summed E-state index contributed by atoms with van der Waals surface area (Å²) in [6.07, 6.45) is 11.9. The first-order valence-electron chi connectivity index (χ1n) is 13.0. The number of nitrogens with one attached hydrogen (secondary N) is 2. The van der Waals surface area contributed by atoms with Gasteiger partial charge in [-0.05, 0) is 73.7 Å². The summed E-state index contributed by atoms with van der Waals surface area (Å²) in [6, 6.07) is 22.9. The Labute approximate surface area is 214 Å².